The molecule has 1 aliphatic carbocycles. The molecule has 226 valence electrons. The van der Waals surface area contributed by atoms with Gasteiger partial charge in [-0.05, 0) is 53.9 Å². The molecule has 2 aliphatic rings. The van der Waals surface area contributed by atoms with E-state index in [2.05, 4.69) is 27.0 Å². The third-order valence-electron chi connectivity index (χ3n) is 8.42. The number of aliphatic carboxylic acids is 1. The number of halogens is 2. The molecular weight excluding hydrogens is 556 g/mol. The van der Waals surface area contributed by atoms with Gasteiger partial charge in [-0.2, -0.15) is 4.98 Å². The van der Waals surface area contributed by atoms with Crippen LogP contribution in [0.25, 0.3) is 33.3 Å². The van der Waals surface area contributed by atoms with E-state index in [9.17, 15) is 4.79 Å². The molecule has 0 amide bonds. The van der Waals surface area contributed by atoms with Gasteiger partial charge < -0.3 is 24.7 Å². The smallest absolute Gasteiger partial charge is 0.303 e. The van der Waals surface area contributed by atoms with Gasteiger partial charge in [0, 0.05) is 32.1 Å². The van der Waals surface area contributed by atoms with Crippen LogP contribution in [0.2, 0.25) is 0 Å². The quantitative estimate of drug-likeness (QED) is 0.203. The highest BCUT2D eigenvalue weighted by Gasteiger charge is 2.27. The van der Waals surface area contributed by atoms with Crippen molar-refractivity contribution >= 4 is 17.0 Å². The lowest BCUT2D eigenvalue weighted by Crippen LogP contribution is -2.51. The minimum atomic E-state index is -0.794. The van der Waals surface area contributed by atoms with Crippen molar-refractivity contribution in [2.45, 2.75) is 50.9 Å². The van der Waals surface area contributed by atoms with Crippen LogP contribution in [-0.2, 0) is 16.1 Å². The van der Waals surface area contributed by atoms with Gasteiger partial charge in [0.25, 0.3) is 6.01 Å². The van der Waals surface area contributed by atoms with Gasteiger partial charge in [-0.1, -0.05) is 48.5 Å². The Morgan fingerprint density at radius 2 is 1.60 bits per heavy atom. The first-order valence-corrected chi connectivity index (χ1v) is 14.8. The van der Waals surface area contributed by atoms with Crippen LogP contribution >= 0.6 is 0 Å². The van der Waals surface area contributed by atoms with Crippen molar-refractivity contribution in [1.29, 1.82) is 0 Å². The number of aliphatic hydroxyl groups is 1. The summed E-state index contributed by atoms with van der Waals surface area (Å²) in [4.78, 5) is 20.4. The molecule has 0 spiro atoms. The largest absolute Gasteiger partial charge is 0.481 e. The number of hydrogen-bond acceptors (Lipinski definition) is 6. The predicted octanol–water partition coefficient (Wildman–Crippen LogP) is 5.78. The Hall–Kier alpha value is -3.86. The molecule has 8 nitrogen and oxygen atoms in total. The van der Waals surface area contributed by atoms with Crippen LogP contribution in [0.5, 0.6) is 6.01 Å². The van der Waals surface area contributed by atoms with Crippen LogP contribution in [0, 0.1) is 17.6 Å². The first kappa shape index (κ1) is 29.2. The molecule has 43 heavy (non-hydrogen) atoms. The Balaban J connectivity index is 1.10. The van der Waals surface area contributed by atoms with Gasteiger partial charge in [0.2, 0.25) is 0 Å². The van der Waals surface area contributed by atoms with Gasteiger partial charge in [-0.3, -0.25) is 9.69 Å². The zero-order chi connectivity index (χ0) is 29.9. The lowest BCUT2D eigenvalue weighted by Gasteiger charge is -2.38. The second-order valence-corrected chi connectivity index (χ2v) is 11.5. The molecular formula is C33H35F2N3O5. The number of nitrogens with zero attached hydrogens (tertiary/aromatic N) is 2. The maximum Gasteiger partial charge on any atom is 0.303 e. The number of carbonyl (C=O) groups is 1. The SMILES string of the molecule is O=C(O)C[C@H]1CC[C@H](Oc2nc3c(F)c(-c4ccc(-c5ccc(CN6CC(OCCO)C6)cc5)cc4)c(F)cc3[nH]2)CC1. The Labute approximate surface area is 248 Å². The zero-order valence-electron chi connectivity index (χ0n) is 23.8. The minimum absolute atomic E-state index is 0.0131. The molecule has 4 aromatic rings. The molecule has 0 atom stereocenters. The number of nitrogens with one attached hydrogen (secondary N) is 1. The number of H-pyrrole nitrogens is 1. The van der Waals surface area contributed by atoms with E-state index in [-0.39, 0.29) is 53.8 Å². The number of hydrogen-bond donors (Lipinski definition) is 3. The predicted molar refractivity (Wildman–Crippen MR) is 158 cm³/mol. The van der Waals surface area contributed by atoms with E-state index in [1.54, 1.807) is 12.1 Å². The maximum atomic E-state index is 15.6. The van der Waals surface area contributed by atoms with Crippen LogP contribution in [0.4, 0.5) is 8.78 Å². The van der Waals surface area contributed by atoms with E-state index in [1.165, 1.54) is 11.6 Å². The normalized spacial score (nSPS) is 19.4. The number of likely N-dealkylation sites (tertiary alicyclic amines) is 1. The summed E-state index contributed by atoms with van der Waals surface area (Å²) in [5, 5.41) is 17.9. The molecule has 10 heteroatoms. The van der Waals surface area contributed by atoms with Gasteiger partial charge in [0.1, 0.15) is 17.4 Å². The average Bonchev–Trinajstić information content (AvgIpc) is 3.38. The molecule has 1 aromatic heterocycles. The van der Waals surface area contributed by atoms with Crippen LogP contribution in [0.15, 0.2) is 54.6 Å². The lowest BCUT2D eigenvalue weighted by molar-refractivity contribution is -0.138. The number of rotatable bonds is 11. The van der Waals surface area contributed by atoms with Gasteiger partial charge in [-0.25, -0.2) is 8.78 Å². The summed E-state index contributed by atoms with van der Waals surface area (Å²) in [6.45, 7) is 2.95. The number of carboxylic acids is 1. The van der Waals surface area contributed by atoms with Gasteiger partial charge >= 0.3 is 5.97 Å². The summed E-state index contributed by atoms with van der Waals surface area (Å²) in [5.74, 6) is -2.10. The monoisotopic (exact) mass is 591 g/mol. The minimum Gasteiger partial charge on any atom is -0.481 e. The number of carboxylic acid groups (broad SMARTS) is 1. The summed E-state index contributed by atoms with van der Waals surface area (Å²) < 4.78 is 42.3. The van der Waals surface area contributed by atoms with E-state index in [4.69, 9.17) is 19.7 Å². The fraction of sp³-hybridized carbons (Fsp3) is 0.394. The first-order valence-electron chi connectivity index (χ1n) is 14.8. The van der Waals surface area contributed by atoms with Gasteiger partial charge in [-0.15, -0.1) is 0 Å². The number of aromatic nitrogens is 2. The molecule has 0 radical (unpaired) electrons. The number of imidazole rings is 1. The zero-order valence-corrected chi connectivity index (χ0v) is 23.8. The molecule has 2 fully saturated rings. The Morgan fingerprint density at radius 1 is 0.953 bits per heavy atom. The van der Waals surface area contributed by atoms with Crippen molar-refractivity contribution in [3.8, 4) is 28.3 Å². The van der Waals surface area contributed by atoms with E-state index in [0.717, 1.165) is 43.6 Å². The van der Waals surface area contributed by atoms with Crippen molar-refractivity contribution in [2.75, 3.05) is 26.3 Å². The second kappa shape index (κ2) is 12.8. The molecule has 1 aliphatic heterocycles. The molecule has 2 heterocycles. The maximum absolute atomic E-state index is 15.6. The van der Waals surface area contributed by atoms with Crippen molar-refractivity contribution < 1.29 is 33.3 Å². The van der Waals surface area contributed by atoms with Crippen molar-refractivity contribution in [3.05, 3.63) is 71.8 Å². The van der Waals surface area contributed by atoms with Gasteiger partial charge in [0.05, 0.1) is 30.4 Å². The Morgan fingerprint density at radius 3 is 2.26 bits per heavy atom. The number of benzene rings is 3. The van der Waals surface area contributed by atoms with Gasteiger partial charge in [0.15, 0.2) is 5.82 Å². The highest BCUT2D eigenvalue weighted by molar-refractivity contribution is 5.84. The fourth-order valence-corrected chi connectivity index (χ4v) is 6.10. The topological polar surface area (TPSA) is 108 Å². The Bertz CT molecular complexity index is 1560. The molecule has 0 bridgehead atoms. The standard InChI is InChI=1S/C33H35F2N3O5/c34-27-16-28-32(37-33(36-28)43-25-11-3-20(4-12-25)15-29(40)41)31(35)30(27)24-9-7-23(8-10-24)22-5-1-21(2-6-22)17-38-18-26(19-38)42-14-13-39/h1-2,5-10,16,20,25-26,39H,3-4,11-15,17-19H2,(H,36,37)(H,40,41)/t20-,25-. The van der Waals surface area contributed by atoms with Crippen molar-refractivity contribution in [2.24, 2.45) is 5.92 Å². The second-order valence-electron chi connectivity index (χ2n) is 11.5. The Kier molecular flexibility index (Phi) is 8.69. The third-order valence-corrected chi connectivity index (χ3v) is 8.42. The van der Waals surface area contributed by atoms with Crippen LogP contribution in [-0.4, -0.2) is 69.6 Å². The van der Waals surface area contributed by atoms with E-state index in [1.807, 2.05) is 24.3 Å². The highest BCUT2D eigenvalue weighted by Crippen LogP contribution is 2.35. The molecule has 3 aromatic carbocycles. The molecule has 0 unspecified atom stereocenters. The summed E-state index contributed by atoms with van der Waals surface area (Å²) >= 11 is 0. The van der Waals surface area contributed by atoms with E-state index >= 15 is 8.78 Å². The number of fused-ring (bicyclic) bond motifs is 1. The van der Waals surface area contributed by atoms with Crippen molar-refractivity contribution in [1.82, 2.24) is 14.9 Å². The molecule has 6 rings (SSSR count). The number of aliphatic hydroxyl groups excluding tert-OH is 1. The van der Waals surface area contributed by atoms with Crippen LogP contribution in [0.3, 0.4) is 0 Å². The first-order chi connectivity index (χ1) is 20.9. The molecule has 3 N–H and O–H groups in total. The summed E-state index contributed by atoms with van der Waals surface area (Å²) in [7, 11) is 0. The molecule has 1 saturated carbocycles. The third kappa shape index (κ3) is 6.71. The van der Waals surface area contributed by atoms with Crippen molar-refractivity contribution in [3.63, 3.8) is 0 Å². The number of ether oxygens (including phenoxy) is 2. The molecule has 1 saturated heterocycles. The van der Waals surface area contributed by atoms with Crippen LogP contribution in [0.1, 0.15) is 37.7 Å². The summed E-state index contributed by atoms with van der Waals surface area (Å²) in [6, 6.07) is 16.7. The fourth-order valence-electron chi connectivity index (χ4n) is 6.10. The van der Waals surface area contributed by atoms with E-state index < -0.39 is 17.6 Å². The summed E-state index contributed by atoms with van der Waals surface area (Å²) in [5.41, 5.74) is 3.63. The number of aromatic amines is 1. The average molecular weight is 592 g/mol. The van der Waals surface area contributed by atoms with Crippen LogP contribution < -0.4 is 4.74 Å². The highest BCUT2D eigenvalue weighted by atomic mass is 19.1. The van der Waals surface area contributed by atoms with E-state index in [0.29, 0.717) is 25.0 Å². The summed E-state index contributed by atoms with van der Waals surface area (Å²) in [6.07, 6.45) is 3.05. The lowest BCUT2D eigenvalue weighted by atomic mass is 9.85.